The summed E-state index contributed by atoms with van der Waals surface area (Å²) >= 11 is 0. The fourth-order valence-electron chi connectivity index (χ4n) is 3.83. The second-order valence-electron chi connectivity index (χ2n) is 6.40. The number of piperidine rings is 1. The van der Waals surface area contributed by atoms with Gasteiger partial charge in [0.05, 0.1) is 0 Å². The molecule has 0 spiro atoms. The van der Waals surface area contributed by atoms with Gasteiger partial charge < -0.3 is 19.7 Å². The topological polar surface area (TPSA) is 50.8 Å². The van der Waals surface area contributed by atoms with Crippen molar-refractivity contribution >= 4 is 5.91 Å². The number of benzene rings is 1. The highest BCUT2D eigenvalue weighted by Crippen LogP contribution is 2.33. The molecule has 0 aliphatic carbocycles. The van der Waals surface area contributed by atoms with E-state index in [9.17, 15) is 4.79 Å². The highest BCUT2D eigenvalue weighted by Gasteiger charge is 2.30. The lowest BCUT2D eigenvalue weighted by Gasteiger charge is -2.35. The summed E-state index contributed by atoms with van der Waals surface area (Å²) in [6.45, 7) is 3.11. The minimum atomic E-state index is 0.108. The fourth-order valence-corrected chi connectivity index (χ4v) is 3.83. The van der Waals surface area contributed by atoms with Crippen LogP contribution in [-0.2, 0) is 0 Å². The first-order valence-corrected chi connectivity index (χ1v) is 8.23. The van der Waals surface area contributed by atoms with Gasteiger partial charge in [-0.05, 0) is 56.3 Å². The molecule has 3 aliphatic heterocycles. The Bertz CT molecular complexity index is 561. The minimum absolute atomic E-state index is 0.108. The molecule has 1 unspecified atom stereocenters. The van der Waals surface area contributed by atoms with Crippen LogP contribution in [0.1, 0.15) is 36.0 Å². The Balaban J connectivity index is 1.39. The second-order valence-corrected chi connectivity index (χ2v) is 6.40. The second kappa shape index (κ2) is 5.80. The Kier molecular flexibility index (Phi) is 3.66. The molecular weight excluding hydrogens is 280 g/mol. The van der Waals surface area contributed by atoms with Crippen molar-refractivity contribution in [2.45, 2.75) is 31.7 Å². The van der Waals surface area contributed by atoms with E-state index in [0.29, 0.717) is 17.4 Å². The van der Waals surface area contributed by atoms with E-state index in [1.54, 1.807) is 6.07 Å². The normalized spacial score (nSPS) is 24.7. The van der Waals surface area contributed by atoms with Gasteiger partial charge in [0.2, 0.25) is 6.79 Å². The molecule has 118 valence electrons. The molecule has 2 fully saturated rings. The molecule has 1 amide bonds. The average Bonchev–Trinajstić information content (AvgIpc) is 3.25. The average molecular weight is 302 g/mol. The van der Waals surface area contributed by atoms with Crippen molar-refractivity contribution < 1.29 is 14.3 Å². The molecule has 0 aromatic heterocycles. The van der Waals surface area contributed by atoms with Crippen LogP contribution in [-0.4, -0.2) is 43.3 Å². The van der Waals surface area contributed by atoms with Gasteiger partial charge >= 0.3 is 0 Å². The summed E-state index contributed by atoms with van der Waals surface area (Å²) in [6.07, 6.45) is 4.80. The third-order valence-corrected chi connectivity index (χ3v) is 5.11. The summed E-state index contributed by atoms with van der Waals surface area (Å²) in [5.41, 5.74) is 0.696. The lowest BCUT2D eigenvalue weighted by atomic mass is 9.88. The first-order chi connectivity index (χ1) is 10.8. The molecule has 0 saturated carbocycles. The highest BCUT2D eigenvalue weighted by atomic mass is 16.7. The van der Waals surface area contributed by atoms with Crippen molar-refractivity contribution in [1.29, 1.82) is 0 Å². The molecule has 22 heavy (non-hydrogen) atoms. The van der Waals surface area contributed by atoms with Gasteiger partial charge in [-0.2, -0.15) is 0 Å². The van der Waals surface area contributed by atoms with E-state index in [-0.39, 0.29) is 12.7 Å². The number of hydrogen-bond acceptors (Lipinski definition) is 4. The van der Waals surface area contributed by atoms with Gasteiger partial charge in [-0.1, -0.05) is 0 Å². The first-order valence-electron chi connectivity index (χ1n) is 8.23. The van der Waals surface area contributed by atoms with Gasteiger partial charge in [0.25, 0.3) is 5.91 Å². The SMILES string of the molecule is O=C(c1ccc2c(c1)OCO2)N1CCC(C2CCCN2)CC1. The van der Waals surface area contributed by atoms with Crippen molar-refractivity contribution in [3.63, 3.8) is 0 Å². The van der Waals surface area contributed by atoms with E-state index in [1.807, 2.05) is 17.0 Å². The number of rotatable bonds is 2. The van der Waals surface area contributed by atoms with E-state index < -0.39 is 0 Å². The summed E-state index contributed by atoms with van der Waals surface area (Å²) in [5, 5.41) is 3.60. The number of carbonyl (C=O) groups is 1. The number of hydrogen-bond donors (Lipinski definition) is 1. The van der Waals surface area contributed by atoms with Crippen LogP contribution in [0, 0.1) is 5.92 Å². The summed E-state index contributed by atoms with van der Waals surface area (Å²) in [6, 6.07) is 6.13. The van der Waals surface area contributed by atoms with Crippen molar-refractivity contribution in [2.24, 2.45) is 5.92 Å². The quantitative estimate of drug-likeness (QED) is 0.908. The molecule has 3 aliphatic rings. The third kappa shape index (κ3) is 2.54. The van der Waals surface area contributed by atoms with Crippen LogP contribution in [0.2, 0.25) is 0 Å². The van der Waals surface area contributed by atoms with E-state index >= 15 is 0 Å². The zero-order valence-corrected chi connectivity index (χ0v) is 12.7. The Hall–Kier alpha value is -1.75. The first kappa shape index (κ1) is 13.9. The summed E-state index contributed by atoms with van der Waals surface area (Å²) in [7, 11) is 0. The molecule has 1 aromatic rings. The summed E-state index contributed by atoms with van der Waals surface area (Å²) < 4.78 is 10.7. The molecule has 5 nitrogen and oxygen atoms in total. The number of amides is 1. The number of ether oxygens (including phenoxy) is 2. The van der Waals surface area contributed by atoms with Crippen LogP contribution in [0.15, 0.2) is 18.2 Å². The fraction of sp³-hybridized carbons (Fsp3) is 0.588. The number of carbonyl (C=O) groups excluding carboxylic acids is 1. The van der Waals surface area contributed by atoms with E-state index in [1.165, 1.54) is 12.8 Å². The predicted octanol–water partition coefficient (Wildman–Crippen LogP) is 2.02. The van der Waals surface area contributed by atoms with Crippen molar-refractivity contribution in [1.82, 2.24) is 10.2 Å². The largest absolute Gasteiger partial charge is 0.454 e. The van der Waals surface area contributed by atoms with Gasteiger partial charge in [-0.25, -0.2) is 0 Å². The summed E-state index contributed by atoms with van der Waals surface area (Å²) in [5.74, 6) is 2.23. The van der Waals surface area contributed by atoms with Crippen LogP contribution in [0.3, 0.4) is 0 Å². The van der Waals surface area contributed by atoms with E-state index in [0.717, 1.165) is 44.1 Å². The molecule has 1 aromatic carbocycles. The number of nitrogens with zero attached hydrogens (tertiary/aromatic N) is 1. The molecule has 4 rings (SSSR count). The molecule has 1 atom stereocenters. The van der Waals surface area contributed by atoms with Gasteiger partial charge in [0.15, 0.2) is 11.5 Å². The molecule has 5 heteroatoms. The lowest BCUT2D eigenvalue weighted by Crippen LogP contribution is -2.43. The van der Waals surface area contributed by atoms with Crippen LogP contribution in [0.4, 0.5) is 0 Å². The number of fused-ring (bicyclic) bond motifs is 1. The van der Waals surface area contributed by atoms with Crippen LogP contribution in [0.5, 0.6) is 11.5 Å². The van der Waals surface area contributed by atoms with Crippen molar-refractivity contribution in [3.05, 3.63) is 23.8 Å². The smallest absolute Gasteiger partial charge is 0.253 e. The Morgan fingerprint density at radius 2 is 1.95 bits per heavy atom. The third-order valence-electron chi connectivity index (χ3n) is 5.11. The lowest BCUT2D eigenvalue weighted by molar-refractivity contribution is 0.0674. The Labute approximate surface area is 130 Å². The molecule has 0 bridgehead atoms. The van der Waals surface area contributed by atoms with Gasteiger partial charge in [-0.3, -0.25) is 4.79 Å². The molecule has 3 heterocycles. The standard InChI is InChI=1S/C17H22N2O3/c20-17(13-3-4-15-16(10-13)22-11-21-15)19-8-5-12(6-9-19)14-2-1-7-18-14/h3-4,10,12,14,18H,1-2,5-9,11H2. The maximum Gasteiger partial charge on any atom is 0.253 e. The van der Waals surface area contributed by atoms with Crippen molar-refractivity contribution in [2.75, 3.05) is 26.4 Å². The highest BCUT2D eigenvalue weighted by molar-refractivity contribution is 5.95. The van der Waals surface area contributed by atoms with Gasteiger partial charge in [0.1, 0.15) is 0 Å². The van der Waals surface area contributed by atoms with E-state index in [4.69, 9.17) is 9.47 Å². The van der Waals surface area contributed by atoms with E-state index in [2.05, 4.69) is 5.32 Å². The Morgan fingerprint density at radius 1 is 1.14 bits per heavy atom. The summed E-state index contributed by atoms with van der Waals surface area (Å²) in [4.78, 5) is 14.6. The molecule has 1 N–H and O–H groups in total. The molecule has 2 saturated heterocycles. The van der Waals surface area contributed by atoms with Gasteiger partial charge in [0, 0.05) is 24.7 Å². The van der Waals surface area contributed by atoms with Crippen LogP contribution in [0.25, 0.3) is 0 Å². The maximum atomic E-state index is 12.6. The molecule has 0 radical (unpaired) electrons. The van der Waals surface area contributed by atoms with Gasteiger partial charge in [-0.15, -0.1) is 0 Å². The maximum absolute atomic E-state index is 12.6. The number of likely N-dealkylation sites (tertiary alicyclic amines) is 1. The van der Waals surface area contributed by atoms with Crippen LogP contribution < -0.4 is 14.8 Å². The monoisotopic (exact) mass is 302 g/mol. The Morgan fingerprint density at radius 3 is 2.73 bits per heavy atom. The zero-order valence-electron chi connectivity index (χ0n) is 12.7. The molecular formula is C17H22N2O3. The van der Waals surface area contributed by atoms with Crippen LogP contribution >= 0.6 is 0 Å². The number of nitrogens with one attached hydrogen (secondary N) is 1. The predicted molar refractivity (Wildman–Crippen MR) is 82.2 cm³/mol. The van der Waals surface area contributed by atoms with Crippen molar-refractivity contribution in [3.8, 4) is 11.5 Å². The zero-order chi connectivity index (χ0) is 14.9. The minimum Gasteiger partial charge on any atom is -0.454 e.